The second kappa shape index (κ2) is 6.90. The predicted molar refractivity (Wildman–Crippen MR) is 95.2 cm³/mol. The molecule has 3 aromatic rings. The Morgan fingerprint density at radius 3 is 2.96 bits per heavy atom. The molecule has 0 radical (unpaired) electrons. The highest BCUT2D eigenvalue weighted by Gasteiger charge is 2.17. The Kier molecular flexibility index (Phi) is 4.48. The highest BCUT2D eigenvalue weighted by Crippen LogP contribution is 2.24. The Balaban J connectivity index is 1.46. The van der Waals surface area contributed by atoms with Gasteiger partial charge in [0, 0.05) is 6.04 Å². The number of hydrogen-bond acceptors (Lipinski definition) is 6. The summed E-state index contributed by atoms with van der Waals surface area (Å²) in [6.07, 6.45) is 4.64. The van der Waals surface area contributed by atoms with E-state index in [2.05, 4.69) is 20.6 Å². The van der Waals surface area contributed by atoms with Crippen molar-refractivity contribution in [3.05, 3.63) is 29.6 Å². The Bertz CT molecular complexity index is 839. The molecule has 24 heavy (non-hydrogen) atoms. The molecule has 1 amide bonds. The van der Waals surface area contributed by atoms with Gasteiger partial charge >= 0.3 is 0 Å². The number of thioether (sulfide) groups is 1. The van der Waals surface area contributed by atoms with E-state index < -0.39 is 0 Å². The van der Waals surface area contributed by atoms with Crippen molar-refractivity contribution in [2.24, 2.45) is 0 Å². The fourth-order valence-electron chi connectivity index (χ4n) is 2.89. The molecule has 0 bridgehead atoms. The summed E-state index contributed by atoms with van der Waals surface area (Å²) in [5, 5.41) is 18.8. The summed E-state index contributed by atoms with van der Waals surface area (Å²) in [5.74, 6) is 1.19. The minimum absolute atomic E-state index is 0.0797. The molecule has 1 N–H and O–H groups in total. The number of nitrogens with one attached hydrogen (secondary N) is 1. The number of amides is 1. The summed E-state index contributed by atoms with van der Waals surface area (Å²) >= 11 is 3.04. The van der Waals surface area contributed by atoms with Crippen molar-refractivity contribution in [2.45, 2.75) is 36.8 Å². The van der Waals surface area contributed by atoms with Crippen molar-refractivity contribution in [3.63, 3.8) is 0 Å². The van der Waals surface area contributed by atoms with Gasteiger partial charge in [-0.2, -0.15) is 9.61 Å². The lowest BCUT2D eigenvalue weighted by Crippen LogP contribution is -2.33. The number of nitrogens with zero attached hydrogens (tertiary/aromatic N) is 4. The molecule has 8 heteroatoms. The van der Waals surface area contributed by atoms with E-state index in [1.807, 2.05) is 29.6 Å². The highest BCUT2D eigenvalue weighted by molar-refractivity contribution is 7.99. The van der Waals surface area contributed by atoms with E-state index >= 15 is 0 Å². The molecule has 0 aromatic carbocycles. The van der Waals surface area contributed by atoms with E-state index in [4.69, 9.17) is 0 Å². The molecule has 1 aliphatic carbocycles. The van der Waals surface area contributed by atoms with E-state index in [1.165, 1.54) is 24.6 Å². The second-order valence-electron chi connectivity index (χ2n) is 5.78. The van der Waals surface area contributed by atoms with Gasteiger partial charge in [0.2, 0.25) is 5.91 Å². The average molecular weight is 359 g/mol. The van der Waals surface area contributed by atoms with Gasteiger partial charge in [0.25, 0.3) is 0 Å². The van der Waals surface area contributed by atoms with Crippen LogP contribution in [0.2, 0.25) is 0 Å². The maximum atomic E-state index is 12.1. The quantitative estimate of drug-likeness (QED) is 0.709. The van der Waals surface area contributed by atoms with Gasteiger partial charge in [-0.1, -0.05) is 30.7 Å². The molecule has 0 spiro atoms. The molecule has 3 heterocycles. The van der Waals surface area contributed by atoms with Crippen LogP contribution in [0.15, 0.2) is 34.7 Å². The normalized spacial score (nSPS) is 15.2. The van der Waals surface area contributed by atoms with Crippen molar-refractivity contribution in [3.8, 4) is 10.7 Å². The van der Waals surface area contributed by atoms with Crippen molar-refractivity contribution in [1.82, 2.24) is 25.1 Å². The van der Waals surface area contributed by atoms with Crippen LogP contribution >= 0.6 is 23.1 Å². The molecule has 1 aliphatic rings. The second-order valence-corrected chi connectivity index (χ2v) is 7.72. The fourth-order valence-corrected chi connectivity index (χ4v) is 4.25. The van der Waals surface area contributed by atoms with Gasteiger partial charge in [-0.3, -0.25) is 4.79 Å². The van der Waals surface area contributed by atoms with Crippen LogP contribution in [-0.4, -0.2) is 37.5 Å². The molecular formula is C16H17N5OS2. The summed E-state index contributed by atoms with van der Waals surface area (Å²) in [6.45, 7) is 0. The molecular weight excluding hydrogens is 342 g/mol. The molecule has 124 valence electrons. The number of hydrogen-bond donors (Lipinski definition) is 1. The molecule has 6 nitrogen and oxygen atoms in total. The molecule has 0 atom stereocenters. The lowest BCUT2D eigenvalue weighted by molar-refractivity contribution is -0.119. The van der Waals surface area contributed by atoms with Crippen LogP contribution in [0.3, 0.4) is 0 Å². The van der Waals surface area contributed by atoms with Gasteiger partial charge in [-0.15, -0.1) is 21.5 Å². The van der Waals surface area contributed by atoms with Crippen molar-refractivity contribution >= 4 is 34.7 Å². The highest BCUT2D eigenvalue weighted by atomic mass is 32.2. The Labute approximate surface area is 147 Å². The SMILES string of the molecule is O=C(CSc1ccc2nnc(-c3cccs3)n2n1)NC1CCCC1. The van der Waals surface area contributed by atoms with E-state index in [0.29, 0.717) is 17.4 Å². The molecule has 1 saturated carbocycles. The summed E-state index contributed by atoms with van der Waals surface area (Å²) in [6, 6.07) is 8.10. The van der Waals surface area contributed by atoms with Gasteiger partial charge in [-0.25, -0.2) is 0 Å². The van der Waals surface area contributed by atoms with E-state index in [1.54, 1.807) is 15.9 Å². The number of carbonyl (C=O) groups is 1. The standard InChI is InChI=1S/C16H17N5OS2/c22-14(17-11-4-1-2-5-11)10-24-15-8-7-13-18-19-16(21(13)20-15)12-6-3-9-23-12/h3,6-9,11H,1-2,4-5,10H2,(H,17,22). The third-order valence-electron chi connectivity index (χ3n) is 4.05. The summed E-state index contributed by atoms with van der Waals surface area (Å²) in [7, 11) is 0. The van der Waals surface area contributed by atoms with E-state index in [9.17, 15) is 4.79 Å². The first kappa shape index (κ1) is 15.6. The first-order valence-electron chi connectivity index (χ1n) is 7.98. The Morgan fingerprint density at radius 1 is 1.29 bits per heavy atom. The van der Waals surface area contributed by atoms with Crippen molar-refractivity contribution < 1.29 is 4.79 Å². The maximum absolute atomic E-state index is 12.1. The molecule has 1 fully saturated rings. The third kappa shape index (κ3) is 3.29. The van der Waals surface area contributed by atoms with E-state index in [-0.39, 0.29) is 5.91 Å². The van der Waals surface area contributed by atoms with Crippen LogP contribution in [0.5, 0.6) is 0 Å². The van der Waals surface area contributed by atoms with Crippen molar-refractivity contribution in [1.29, 1.82) is 0 Å². The number of carbonyl (C=O) groups excluding carboxylic acids is 1. The summed E-state index contributed by atoms with van der Waals surface area (Å²) < 4.78 is 1.74. The fraction of sp³-hybridized carbons (Fsp3) is 0.375. The van der Waals surface area contributed by atoms with Gasteiger partial charge in [0.15, 0.2) is 11.5 Å². The molecule has 4 rings (SSSR count). The Morgan fingerprint density at radius 2 is 2.17 bits per heavy atom. The monoisotopic (exact) mass is 359 g/mol. The van der Waals surface area contributed by atoms with Crippen LogP contribution in [0.25, 0.3) is 16.3 Å². The number of rotatable bonds is 5. The van der Waals surface area contributed by atoms with Crippen LogP contribution in [0.4, 0.5) is 0 Å². The van der Waals surface area contributed by atoms with Crippen LogP contribution in [0.1, 0.15) is 25.7 Å². The average Bonchev–Trinajstić information content (AvgIpc) is 3.33. The third-order valence-corrected chi connectivity index (χ3v) is 5.84. The zero-order valence-corrected chi connectivity index (χ0v) is 14.6. The van der Waals surface area contributed by atoms with Crippen LogP contribution in [-0.2, 0) is 4.79 Å². The van der Waals surface area contributed by atoms with Gasteiger partial charge in [0.1, 0.15) is 5.03 Å². The molecule has 0 unspecified atom stereocenters. The van der Waals surface area contributed by atoms with E-state index in [0.717, 1.165) is 28.6 Å². The van der Waals surface area contributed by atoms with Crippen LogP contribution in [0, 0.1) is 0 Å². The predicted octanol–water partition coefficient (Wildman–Crippen LogP) is 3.00. The zero-order chi connectivity index (χ0) is 16.4. The number of aromatic nitrogens is 4. The number of fused-ring (bicyclic) bond motifs is 1. The van der Waals surface area contributed by atoms with Crippen molar-refractivity contribution in [2.75, 3.05) is 5.75 Å². The molecule has 0 aliphatic heterocycles. The number of thiophene rings is 1. The Hall–Kier alpha value is -1.93. The zero-order valence-electron chi connectivity index (χ0n) is 13.0. The first-order valence-corrected chi connectivity index (χ1v) is 9.84. The summed E-state index contributed by atoms with van der Waals surface area (Å²) in [4.78, 5) is 13.1. The topological polar surface area (TPSA) is 72.2 Å². The smallest absolute Gasteiger partial charge is 0.230 e. The lowest BCUT2D eigenvalue weighted by atomic mass is 10.2. The minimum atomic E-state index is 0.0797. The summed E-state index contributed by atoms with van der Waals surface area (Å²) in [5.41, 5.74) is 0.707. The first-order chi connectivity index (χ1) is 11.8. The molecule has 3 aromatic heterocycles. The minimum Gasteiger partial charge on any atom is -0.353 e. The maximum Gasteiger partial charge on any atom is 0.230 e. The van der Waals surface area contributed by atoms with Crippen LogP contribution < -0.4 is 5.32 Å². The molecule has 0 saturated heterocycles. The van der Waals surface area contributed by atoms with Gasteiger partial charge < -0.3 is 5.32 Å². The van der Waals surface area contributed by atoms with Gasteiger partial charge in [0.05, 0.1) is 10.6 Å². The largest absolute Gasteiger partial charge is 0.353 e. The van der Waals surface area contributed by atoms with Gasteiger partial charge in [-0.05, 0) is 36.4 Å². The lowest BCUT2D eigenvalue weighted by Gasteiger charge is -2.11.